The van der Waals surface area contributed by atoms with Crippen LogP contribution in [0.3, 0.4) is 0 Å². The molecule has 0 N–H and O–H groups in total. The first-order chi connectivity index (χ1) is 7.65. The molecular weight excluding hydrogens is 238 g/mol. The van der Waals surface area contributed by atoms with E-state index in [0.29, 0.717) is 6.04 Å². The zero-order valence-corrected chi connectivity index (χ0v) is 11.6. The van der Waals surface area contributed by atoms with Crippen molar-refractivity contribution >= 4 is 24.2 Å². The minimum absolute atomic E-state index is 0.442. The van der Waals surface area contributed by atoms with Gasteiger partial charge in [0.05, 0.1) is 0 Å². The Morgan fingerprint density at radius 2 is 1.88 bits per heavy atom. The molecule has 0 heterocycles. The van der Waals surface area contributed by atoms with Gasteiger partial charge >= 0.3 is 0 Å². The number of thiol groups is 1. The van der Waals surface area contributed by atoms with Gasteiger partial charge in [-0.1, -0.05) is 23.7 Å². The maximum absolute atomic E-state index is 5.88. The summed E-state index contributed by atoms with van der Waals surface area (Å²) in [6, 6.07) is 8.55. The van der Waals surface area contributed by atoms with Gasteiger partial charge in [-0.2, -0.15) is 12.6 Å². The highest BCUT2D eigenvalue weighted by Crippen LogP contribution is 2.20. The van der Waals surface area contributed by atoms with Crippen LogP contribution in [0.1, 0.15) is 31.4 Å². The Morgan fingerprint density at radius 1 is 1.25 bits per heavy atom. The SMILES string of the molecule is CC(c1ccc(Cl)cc1)N(C)CCCCS. The van der Waals surface area contributed by atoms with Crippen LogP contribution in [0.15, 0.2) is 24.3 Å². The fourth-order valence-corrected chi connectivity index (χ4v) is 2.01. The number of benzene rings is 1. The average Bonchev–Trinajstić information content (AvgIpc) is 2.29. The standard InChI is InChI=1S/C13H20ClNS/c1-11(15(2)9-3-4-10-16)12-5-7-13(14)8-6-12/h5-8,11,16H,3-4,9-10H2,1-2H3. The predicted octanol–water partition coefficient (Wildman–Crippen LogP) is 4.04. The Bertz CT molecular complexity index is 299. The topological polar surface area (TPSA) is 3.24 Å². The lowest BCUT2D eigenvalue weighted by Gasteiger charge is -2.25. The molecule has 1 aromatic carbocycles. The summed E-state index contributed by atoms with van der Waals surface area (Å²) < 4.78 is 0. The van der Waals surface area contributed by atoms with Crippen molar-refractivity contribution in [2.45, 2.75) is 25.8 Å². The molecule has 1 unspecified atom stereocenters. The first-order valence-electron chi connectivity index (χ1n) is 5.71. The van der Waals surface area contributed by atoms with Crippen molar-refractivity contribution in [3.05, 3.63) is 34.9 Å². The quantitative estimate of drug-likeness (QED) is 0.595. The van der Waals surface area contributed by atoms with Crippen molar-refractivity contribution < 1.29 is 0 Å². The van der Waals surface area contributed by atoms with Crippen molar-refractivity contribution in [3.8, 4) is 0 Å². The highest BCUT2D eigenvalue weighted by molar-refractivity contribution is 7.80. The number of hydrogen-bond acceptors (Lipinski definition) is 2. The molecule has 0 aliphatic heterocycles. The Kier molecular flexibility index (Phi) is 6.25. The van der Waals surface area contributed by atoms with E-state index >= 15 is 0 Å². The smallest absolute Gasteiger partial charge is 0.0406 e. The van der Waals surface area contributed by atoms with Crippen molar-refractivity contribution in [2.24, 2.45) is 0 Å². The number of halogens is 1. The number of hydrogen-bond donors (Lipinski definition) is 1. The van der Waals surface area contributed by atoms with Gasteiger partial charge in [-0.05, 0) is 56.8 Å². The first-order valence-corrected chi connectivity index (χ1v) is 6.72. The Balaban J connectivity index is 2.49. The van der Waals surface area contributed by atoms with Gasteiger partial charge in [0, 0.05) is 11.1 Å². The van der Waals surface area contributed by atoms with Gasteiger partial charge in [0.25, 0.3) is 0 Å². The Morgan fingerprint density at radius 3 is 2.44 bits per heavy atom. The lowest BCUT2D eigenvalue weighted by molar-refractivity contribution is 0.258. The first kappa shape index (κ1) is 13.9. The highest BCUT2D eigenvalue weighted by atomic mass is 35.5. The van der Waals surface area contributed by atoms with E-state index < -0.39 is 0 Å². The van der Waals surface area contributed by atoms with Gasteiger partial charge in [-0.15, -0.1) is 0 Å². The van der Waals surface area contributed by atoms with Crippen LogP contribution in [0, 0.1) is 0 Å². The van der Waals surface area contributed by atoms with Crippen molar-refractivity contribution in [1.29, 1.82) is 0 Å². The zero-order chi connectivity index (χ0) is 12.0. The molecule has 0 saturated carbocycles. The molecule has 90 valence electrons. The Hall–Kier alpha value is -0.180. The summed E-state index contributed by atoms with van der Waals surface area (Å²) in [7, 11) is 2.16. The van der Waals surface area contributed by atoms with E-state index in [1.54, 1.807) is 0 Å². The molecule has 0 amide bonds. The lowest BCUT2D eigenvalue weighted by Crippen LogP contribution is -2.23. The second kappa shape index (κ2) is 7.21. The molecule has 0 radical (unpaired) electrons. The van der Waals surface area contributed by atoms with Crippen LogP contribution < -0.4 is 0 Å². The fourth-order valence-electron chi connectivity index (χ4n) is 1.66. The summed E-state index contributed by atoms with van der Waals surface area (Å²) >= 11 is 10.1. The summed E-state index contributed by atoms with van der Waals surface area (Å²) in [6.45, 7) is 3.34. The molecular formula is C13H20ClNS. The van der Waals surface area contributed by atoms with Crippen molar-refractivity contribution in [3.63, 3.8) is 0 Å². The van der Waals surface area contributed by atoms with Gasteiger partial charge in [-0.3, -0.25) is 4.90 Å². The minimum atomic E-state index is 0.442. The molecule has 0 aliphatic rings. The van der Waals surface area contributed by atoms with Gasteiger partial charge in [-0.25, -0.2) is 0 Å². The van der Waals surface area contributed by atoms with E-state index in [-0.39, 0.29) is 0 Å². The third kappa shape index (κ3) is 4.36. The van der Waals surface area contributed by atoms with Gasteiger partial charge in [0.1, 0.15) is 0 Å². The third-order valence-corrected chi connectivity index (χ3v) is 3.50. The minimum Gasteiger partial charge on any atom is -0.300 e. The molecule has 16 heavy (non-hydrogen) atoms. The second-order valence-corrected chi connectivity index (χ2v) is 5.02. The third-order valence-electron chi connectivity index (χ3n) is 2.93. The van der Waals surface area contributed by atoms with Crippen LogP contribution in [0.25, 0.3) is 0 Å². The fraction of sp³-hybridized carbons (Fsp3) is 0.538. The summed E-state index contributed by atoms with van der Waals surface area (Å²) in [5, 5.41) is 0.800. The average molecular weight is 258 g/mol. The van der Waals surface area contributed by atoms with Crippen molar-refractivity contribution in [2.75, 3.05) is 19.3 Å². The normalized spacial score (nSPS) is 13.1. The molecule has 0 fully saturated rings. The molecule has 1 nitrogen and oxygen atoms in total. The maximum Gasteiger partial charge on any atom is 0.0406 e. The van der Waals surface area contributed by atoms with E-state index in [1.807, 2.05) is 12.1 Å². The Labute approximate surface area is 109 Å². The monoisotopic (exact) mass is 257 g/mol. The summed E-state index contributed by atoms with van der Waals surface area (Å²) in [6.07, 6.45) is 2.39. The van der Waals surface area contributed by atoms with E-state index in [9.17, 15) is 0 Å². The van der Waals surface area contributed by atoms with Gasteiger partial charge in [0.2, 0.25) is 0 Å². The van der Waals surface area contributed by atoms with E-state index in [2.05, 4.69) is 43.6 Å². The van der Waals surface area contributed by atoms with Crippen LogP contribution in [-0.2, 0) is 0 Å². The molecule has 0 aromatic heterocycles. The number of rotatable bonds is 6. The van der Waals surface area contributed by atoms with Gasteiger partial charge < -0.3 is 0 Å². The van der Waals surface area contributed by atoms with E-state index in [4.69, 9.17) is 11.6 Å². The summed E-state index contributed by atoms with van der Waals surface area (Å²) in [5.74, 6) is 0.975. The van der Waals surface area contributed by atoms with E-state index in [0.717, 1.165) is 17.3 Å². The zero-order valence-electron chi connectivity index (χ0n) is 9.99. The molecule has 0 aliphatic carbocycles. The van der Waals surface area contributed by atoms with Crippen LogP contribution in [0.2, 0.25) is 5.02 Å². The van der Waals surface area contributed by atoms with Crippen LogP contribution in [0.5, 0.6) is 0 Å². The van der Waals surface area contributed by atoms with Crippen molar-refractivity contribution in [1.82, 2.24) is 4.90 Å². The molecule has 3 heteroatoms. The molecule has 0 saturated heterocycles. The van der Waals surface area contributed by atoms with Crippen LogP contribution in [0.4, 0.5) is 0 Å². The molecule has 0 bridgehead atoms. The number of nitrogens with zero attached hydrogens (tertiary/aromatic N) is 1. The molecule has 1 rings (SSSR count). The molecule has 0 spiro atoms. The van der Waals surface area contributed by atoms with E-state index in [1.165, 1.54) is 18.4 Å². The number of unbranched alkanes of at least 4 members (excludes halogenated alkanes) is 1. The van der Waals surface area contributed by atoms with Crippen LogP contribution >= 0.6 is 24.2 Å². The molecule has 1 atom stereocenters. The summed E-state index contributed by atoms with van der Waals surface area (Å²) in [5.41, 5.74) is 1.32. The molecule has 1 aromatic rings. The van der Waals surface area contributed by atoms with Gasteiger partial charge in [0.15, 0.2) is 0 Å². The lowest BCUT2D eigenvalue weighted by atomic mass is 10.1. The maximum atomic E-state index is 5.88. The summed E-state index contributed by atoms with van der Waals surface area (Å²) in [4.78, 5) is 2.37. The highest BCUT2D eigenvalue weighted by Gasteiger charge is 2.10. The second-order valence-electron chi connectivity index (χ2n) is 4.14. The largest absolute Gasteiger partial charge is 0.300 e. The predicted molar refractivity (Wildman–Crippen MR) is 75.6 cm³/mol. The van der Waals surface area contributed by atoms with Crippen LogP contribution in [-0.4, -0.2) is 24.2 Å².